The van der Waals surface area contributed by atoms with E-state index in [-0.39, 0.29) is 30.6 Å². The summed E-state index contributed by atoms with van der Waals surface area (Å²) in [5.41, 5.74) is 0. The lowest BCUT2D eigenvalue weighted by molar-refractivity contribution is 0.306. The molecule has 0 aliphatic carbocycles. The Morgan fingerprint density at radius 1 is 1.26 bits per heavy atom. The first kappa shape index (κ1) is 18.0. The molecule has 0 aliphatic heterocycles. The molecular formula is C13H22IN3O2. The number of aliphatic imine (C=N–C) groups is 1. The number of aliphatic hydroxyl groups is 1. The smallest absolute Gasteiger partial charge is 0.191 e. The SMILES string of the molecule is CCNC(=NCCO)NCCOc1ccccc1.I. The fourth-order valence-corrected chi connectivity index (χ4v) is 1.36. The van der Waals surface area contributed by atoms with Crippen LogP contribution in [0.4, 0.5) is 0 Å². The van der Waals surface area contributed by atoms with Gasteiger partial charge in [0.2, 0.25) is 0 Å². The summed E-state index contributed by atoms with van der Waals surface area (Å²) >= 11 is 0. The molecule has 0 fully saturated rings. The molecule has 5 nitrogen and oxygen atoms in total. The lowest BCUT2D eigenvalue weighted by Gasteiger charge is -2.11. The van der Waals surface area contributed by atoms with Crippen molar-refractivity contribution < 1.29 is 9.84 Å². The lowest BCUT2D eigenvalue weighted by Crippen LogP contribution is -2.39. The third kappa shape index (κ3) is 8.66. The van der Waals surface area contributed by atoms with Gasteiger partial charge in [0.15, 0.2) is 5.96 Å². The van der Waals surface area contributed by atoms with Gasteiger partial charge in [-0.3, -0.25) is 4.99 Å². The molecule has 0 bridgehead atoms. The van der Waals surface area contributed by atoms with E-state index in [0.717, 1.165) is 12.3 Å². The minimum atomic E-state index is 0. The van der Waals surface area contributed by atoms with Gasteiger partial charge in [0.25, 0.3) is 0 Å². The number of para-hydroxylation sites is 1. The van der Waals surface area contributed by atoms with Crippen LogP contribution in [0.1, 0.15) is 6.92 Å². The van der Waals surface area contributed by atoms with Crippen molar-refractivity contribution in [3.63, 3.8) is 0 Å². The standard InChI is InChI=1S/C13H21N3O2.HI/c1-2-14-13(15-8-10-17)16-9-11-18-12-6-4-3-5-7-12;/h3-7,17H,2,8-11H2,1H3,(H2,14,15,16);1H. The third-order valence-corrected chi connectivity index (χ3v) is 2.12. The molecular weight excluding hydrogens is 357 g/mol. The van der Waals surface area contributed by atoms with Crippen LogP contribution in [-0.2, 0) is 0 Å². The molecule has 1 aromatic rings. The summed E-state index contributed by atoms with van der Waals surface area (Å²) in [5, 5.41) is 14.9. The zero-order chi connectivity index (χ0) is 13.1. The first-order valence-corrected chi connectivity index (χ1v) is 6.17. The first-order valence-electron chi connectivity index (χ1n) is 6.17. The maximum atomic E-state index is 8.72. The molecule has 0 amide bonds. The predicted octanol–water partition coefficient (Wildman–Crippen LogP) is 1.23. The Bertz CT molecular complexity index is 347. The molecule has 0 heterocycles. The monoisotopic (exact) mass is 379 g/mol. The number of nitrogens with zero attached hydrogens (tertiary/aromatic N) is 1. The van der Waals surface area contributed by atoms with Crippen molar-refractivity contribution in [3.8, 4) is 5.75 Å². The Morgan fingerprint density at radius 3 is 2.63 bits per heavy atom. The Hall–Kier alpha value is -1.02. The second-order valence-electron chi connectivity index (χ2n) is 3.57. The van der Waals surface area contributed by atoms with E-state index in [0.29, 0.717) is 25.7 Å². The van der Waals surface area contributed by atoms with E-state index in [9.17, 15) is 0 Å². The summed E-state index contributed by atoms with van der Waals surface area (Å²) in [4.78, 5) is 4.17. The molecule has 1 rings (SSSR count). The molecule has 19 heavy (non-hydrogen) atoms. The van der Waals surface area contributed by atoms with E-state index in [2.05, 4.69) is 15.6 Å². The van der Waals surface area contributed by atoms with Crippen LogP contribution in [-0.4, -0.2) is 43.9 Å². The predicted molar refractivity (Wildman–Crippen MR) is 88.4 cm³/mol. The van der Waals surface area contributed by atoms with Gasteiger partial charge in [0.1, 0.15) is 12.4 Å². The zero-order valence-electron chi connectivity index (χ0n) is 11.1. The maximum absolute atomic E-state index is 8.72. The second-order valence-corrected chi connectivity index (χ2v) is 3.57. The van der Waals surface area contributed by atoms with Crippen molar-refractivity contribution in [2.24, 2.45) is 4.99 Å². The summed E-state index contributed by atoms with van der Waals surface area (Å²) in [5.74, 6) is 1.56. The number of ether oxygens (including phenoxy) is 1. The Morgan fingerprint density at radius 2 is 2.00 bits per heavy atom. The number of hydrogen-bond acceptors (Lipinski definition) is 3. The first-order chi connectivity index (χ1) is 8.86. The van der Waals surface area contributed by atoms with Gasteiger partial charge in [-0.15, -0.1) is 24.0 Å². The van der Waals surface area contributed by atoms with Gasteiger partial charge in [0, 0.05) is 6.54 Å². The normalized spacial score (nSPS) is 10.5. The van der Waals surface area contributed by atoms with Crippen molar-refractivity contribution in [1.82, 2.24) is 10.6 Å². The van der Waals surface area contributed by atoms with E-state index >= 15 is 0 Å². The highest BCUT2D eigenvalue weighted by Gasteiger charge is 1.96. The van der Waals surface area contributed by atoms with Crippen molar-refractivity contribution in [2.45, 2.75) is 6.92 Å². The van der Waals surface area contributed by atoms with E-state index in [1.807, 2.05) is 37.3 Å². The van der Waals surface area contributed by atoms with Gasteiger partial charge in [-0.2, -0.15) is 0 Å². The van der Waals surface area contributed by atoms with Gasteiger partial charge in [-0.25, -0.2) is 0 Å². The van der Waals surface area contributed by atoms with Crippen LogP contribution in [0.15, 0.2) is 35.3 Å². The van der Waals surface area contributed by atoms with Crippen LogP contribution >= 0.6 is 24.0 Å². The number of aliphatic hydroxyl groups excluding tert-OH is 1. The molecule has 0 radical (unpaired) electrons. The Kier molecular flexibility index (Phi) is 11.4. The van der Waals surface area contributed by atoms with Gasteiger partial charge in [-0.05, 0) is 19.1 Å². The lowest BCUT2D eigenvalue weighted by atomic mass is 10.3. The van der Waals surface area contributed by atoms with E-state index < -0.39 is 0 Å². The molecule has 0 aliphatic rings. The molecule has 1 aromatic carbocycles. The van der Waals surface area contributed by atoms with Gasteiger partial charge in [-0.1, -0.05) is 18.2 Å². The Balaban J connectivity index is 0.00000324. The number of hydrogen-bond donors (Lipinski definition) is 3. The number of halogens is 1. The average Bonchev–Trinajstić information content (AvgIpc) is 2.42. The Labute approximate surface area is 131 Å². The van der Waals surface area contributed by atoms with E-state index in [1.54, 1.807) is 0 Å². The molecule has 0 spiro atoms. The molecule has 0 atom stereocenters. The average molecular weight is 379 g/mol. The van der Waals surface area contributed by atoms with Crippen LogP contribution in [0, 0.1) is 0 Å². The highest BCUT2D eigenvalue weighted by Crippen LogP contribution is 2.07. The highest BCUT2D eigenvalue weighted by atomic mass is 127. The van der Waals surface area contributed by atoms with Crippen LogP contribution in [0.5, 0.6) is 5.75 Å². The zero-order valence-corrected chi connectivity index (χ0v) is 13.5. The summed E-state index contributed by atoms with van der Waals surface area (Å²) in [6.07, 6.45) is 0. The number of guanidine groups is 1. The maximum Gasteiger partial charge on any atom is 0.191 e. The molecule has 108 valence electrons. The van der Waals surface area contributed by atoms with Crippen molar-refractivity contribution >= 4 is 29.9 Å². The number of rotatable bonds is 7. The van der Waals surface area contributed by atoms with E-state index in [1.165, 1.54) is 0 Å². The van der Waals surface area contributed by atoms with Crippen molar-refractivity contribution in [2.75, 3.05) is 32.8 Å². The second kappa shape index (κ2) is 12.0. The third-order valence-electron chi connectivity index (χ3n) is 2.12. The summed E-state index contributed by atoms with van der Waals surface area (Å²) < 4.78 is 5.54. The molecule has 0 aromatic heterocycles. The molecule has 0 saturated carbocycles. The highest BCUT2D eigenvalue weighted by molar-refractivity contribution is 14.0. The van der Waals surface area contributed by atoms with Crippen LogP contribution in [0.2, 0.25) is 0 Å². The minimum absolute atomic E-state index is 0. The van der Waals surface area contributed by atoms with Crippen molar-refractivity contribution in [1.29, 1.82) is 0 Å². The van der Waals surface area contributed by atoms with Crippen LogP contribution in [0.25, 0.3) is 0 Å². The largest absolute Gasteiger partial charge is 0.492 e. The van der Waals surface area contributed by atoms with E-state index in [4.69, 9.17) is 9.84 Å². The molecule has 0 unspecified atom stereocenters. The molecule has 3 N–H and O–H groups in total. The number of nitrogens with one attached hydrogen (secondary N) is 2. The molecule has 6 heteroatoms. The summed E-state index contributed by atoms with van der Waals surface area (Å²) in [6, 6.07) is 9.68. The van der Waals surface area contributed by atoms with Gasteiger partial charge in [0.05, 0.1) is 19.7 Å². The summed E-state index contributed by atoms with van der Waals surface area (Å²) in [6.45, 7) is 4.46. The minimum Gasteiger partial charge on any atom is -0.492 e. The number of benzene rings is 1. The quantitative estimate of drug-likeness (QED) is 0.289. The fourth-order valence-electron chi connectivity index (χ4n) is 1.36. The van der Waals surface area contributed by atoms with Crippen molar-refractivity contribution in [3.05, 3.63) is 30.3 Å². The topological polar surface area (TPSA) is 65.9 Å². The van der Waals surface area contributed by atoms with Gasteiger partial charge < -0.3 is 20.5 Å². The summed E-state index contributed by atoms with van der Waals surface area (Å²) in [7, 11) is 0. The van der Waals surface area contributed by atoms with Crippen LogP contribution < -0.4 is 15.4 Å². The fraction of sp³-hybridized carbons (Fsp3) is 0.462. The van der Waals surface area contributed by atoms with Crippen LogP contribution in [0.3, 0.4) is 0 Å². The van der Waals surface area contributed by atoms with Gasteiger partial charge >= 0.3 is 0 Å². The molecule has 0 saturated heterocycles.